The van der Waals surface area contributed by atoms with Gasteiger partial charge in [0.2, 0.25) is 10.0 Å². The number of carboxylic acids is 1. The van der Waals surface area contributed by atoms with E-state index in [2.05, 4.69) is 15.4 Å². The lowest BCUT2D eigenvalue weighted by Crippen LogP contribution is -2.30. The molecule has 3 aromatic carbocycles. The molecule has 0 unspecified atom stereocenters. The van der Waals surface area contributed by atoms with Crippen molar-refractivity contribution in [2.45, 2.75) is 30.7 Å². The van der Waals surface area contributed by atoms with Gasteiger partial charge < -0.3 is 20.5 Å². The standard InChI is InChI=1S/C26H29N3O6S/c1-3-14-27-26(32)28-21-11-7-10-19(15-21)20-12-13-23(35-2)24(16-20)36(33,34)29-22(17-25(30)31)18-8-5-4-6-9-18/h4-13,15-16,22,29H,3,14,17H2,1-2H3,(H,30,31)(H2,27,28,32)/t22-/m0/s1. The number of aliphatic carboxylic acids is 1. The normalized spacial score (nSPS) is 11.9. The third-order valence-corrected chi connectivity index (χ3v) is 6.81. The van der Waals surface area contributed by atoms with Crippen LogP contribution in [0.2, 0.25) is 0 Å². The van der Waals surface area contributed by atoms with Crippen molar-refractivity contribution in [1.82, 2.24) is 10.0 Å². The van der Waals surface area contributed by atoms with Gasteiger partial charge in [0.25, 0.3) is 0 Å². The molecule has 0 aliphatic rings. The molecule has 190 valence electrons. The van der Waals surface area contributed by atoms with Crippen molar-refractivity contribution < 1.29 is 27.9 Å². The topological polar surface area (TPSA) is 134 Å². The van der Waals surface area contributed by atoms with Gasteiger partial charge in [-0.05, 0) is 47.4 Å². The Hall–Kier alpha value is -3.89. The molecule has 0 saturated carbocycles. The number of nitrogens with one attached hydrogen (secondary N) is 3. The minimum absolute atomic E-state index is 0.113. The maximum atomic E-state index is 13.4. The van der Waals surface area contributed by atoms with Crippen LogP contribution >= 0.6 is 0 Å². The molecule has 0 fully saturated rings. The minimum atomic E-state index is -4.18. The van der Waals surface area contributed by atoms with E-state index in [9.17, 15) is 23.1 Å². The molecule has 9 nitrogen and oxygen atoms in total. The molecule has 0 aromatic heterocycles. The number of carboxylic acid groups (broad SMARTS) is 1. The maximum Gasteiger partial charge on any atom is 0.319 e. The molecule has 10 heteroatoms. The van der Waals surface area contributed by atoms with Gasteiger partial charge in [0, 0.05) is 12.2 Å². The number of hydrogen-bond acceptors (Lipinski definition) is 5. The first-order chi connectivity index (χ1) is 17.2. The molecule has 0 saturated heterocycles. The van der Waals surface area contributed by atoms with E-state index in [0.717, 1.165) is 6.42 Å². The van der Waals surface area contributed by atoms with E-state index < -0.39 is 28.5 Å². The molecular formula is C26H29N3O6S. The van der Waals surface area contributed by atoms with Gasteiger partial charge in [-0.15, -0.1) is 0 Å². The third kappa shape index (κ3) is 7.06. The number of ether oxygens (including phenoxy) is 1. The molecule has 4 N–H and O–H groups in total. The highest BCUT2D eigenvalue weighted by molar-refractivity contribution is 7.89. The summed E-state index contributed by atoms with van der Waals surface area (Å²) in [5.41, 5.74) is 2.32. The van der Waals surface area contributed by atoms with Crippen molar-refractivity contribution in [3.05, 3.63) is 78.4 Å². The summed E-state index contributed by atoms with van der Waals surface area (Å²) in [6.45, 7) is 2.50. The number of methoxy groups -OCH3 is 1. The minimum Gasteiger partial charge on any atom is -0.495 e. The fraction of sp³-hybridized carbons (Fsp3) is 0.231. The Labute approximate surface area is 210 Å². The zero-order valence-electron chi connectivity index (χ0n) is 20.0. The molecule has 0 bridgehead atoms. The van der Waals surface area contributed by atoms with Crippen LogP contribution < -0.4 is 20.1 Å². The van der Waals surface area contributed by atoms with Gasteiger partial charge in [0.05, 0.1) is 19.6 Å². The first-order valence-electron chi connectivity index (χ1n) is 11.4. The Morgan fingerprint density at radius 3 is 2.36 bits per heavy atom. The first-order valence-corrected chi connectivity index (χ1v) is 12.8. The van der Waals surface area contributed by atoms with E-state index in [1.165, 1.54) is 19.2 Å². The molecule has 0 heterocycles. The molecule has 1 atom stereocenters. The fourth-order valence-corrected chi connectivity index (χ4v) is 5.01. The molecule has 2 amide bonds. The van der Waals surface area contributed by atoms with E-state index in [0.29, 0.717) is 28.9 Å². The summed E-state index contributed by atoms with van der Waals surface area (Å²) in [5.74, 6) is -1.03. The van der Waals surface area contributed by atoms with E-state index in [1.807, 2.05) is 6.92 Å². The van der Waals surface area contributed by atoms with Crippen LogP contribution in [-0.2, 0) is 14.8 Å². The molecule has 36 heavy (non-hydrogen) atoms. The fourth-order valence-electron chi connectivity index (χ4n) is 3.59. The van der Waals surface area contributed by atoms with Gasteiger partial charge in [0.1, 0.15) is 10.6 Å². The lowest BCUT2D eigenvalue weighted by molar-refractivity contribution is -0.137. The van der Waals surface area contributed by atoms with Crippen molar-refractivity contribution in [3.63, 3.8) is 0 Å². The van der Waals surface area contributed by atoms with Crippen LogP contribution in [0.15, 0.2) is 77.7 Å². The Balaban J connectivity index is 1.94. The van der Waals surface area contributed by atoms with Crippen molar-refractivity contribution in [3.8, 4) is 16.9 Å². The van der Waals surface area contributed by atoms with Crippen LogP contribution in [0.5, 0.6) is 5.75 Å². The zero-order chi connectivity index (χ0) is 26.1. The quantitative estimate of drug-likeness (QED) is 0.302. The van der Waals surface area contributed by atoms with Crippen LogP contribution in [0.25, 0.3) is 11.1 Å². The van der Waals surface area contributed by atoms with Crippen molar-refractivity contribution in [2.24, 2.45) is 0 Å². The van der Waals surface area contributed by atoms with Crippen LogP contribution in [0, 0.1) is 0 Å². The van der Waals surface area contributed by atoms with Crippen molar-refractivity contribution in [2.75, 3.05) is 19.0 Å². The second-order valence-corrected chi connectivity index (χ2v) is 9.69. The van der Waals surface area contributed by atoms with Gasteiger partial charge >= 0.3 is 12.0 Å². The van der Waals surface area contributed by atoms with Crippen molar-refractivity contribution >= 4 is 27.7 Å². The van der Waals surface area contributed by atoms with E-state index >= 15 is 0 Å². The van der Waals surface area contributed by atoms with Gasteiger partial charge in [-0.25, -0.2) is 17.9 Å². The second-order valence-electron chi connectivity index (χ2n) is 8.01. The summed E-state index contributed by atoms with van der Waals surface area (Å²) in [6, 6.07) is 18.9. The Kier molecular flexibility index (Phi) is 9.04. The van der Waals surface area contributed by atoms with E-state index in [4.69, 9.17) is 4.74 Å². The van der Waals surface area contributed by atoms with E-state index in [-0.39, 0.29) is 16.7 Å². The van der Waals surface area contributed by atoms with Crippen LogP contribution in [0.4, 0.5) is 10.5 Å². The average molecular weight is 512 g/mol. The largest absolute Gasteiger partial charge is 0.495 e. The summed E-state index contributed by atoms with van der Waals surface area (Å²) >= 11 is 0. The number of carbonyl (C=O) groups is 2. The van der Waals surface area contributed by atoms with Gasteiger partial charge in [-0.2, -0.15) is 0 Å². The van der Waals surface area contributed by atoms with Gasteiger partial charge in [0.15, 0.2) is 0 Å². The highest BCUT2D eigenvalue weighted by Crippen LogP contribution is 2.32. The molecule has 3 aromatic rings. The van der Waals surface area contributed by atoms with E-state index in [1.54, 1.807) is 60.7 Å². The second kappa shape index (κ2) is 12.2. The number of sulfonamides is 1. The summed E-state index contributed by atoms with van der Waals surface area (Å²) < 4.78 is 34.7. The monoisotopic (exact) mass is 511 g/mol. The molecule has 0 aliphatic heterocycles. The Morgan fingerprint density at radius 2 is 1.69 bits per heavy atom. The number of amides is 2. The Morgan fingerprint density at radius 1 is 0.972 bits per heavy atom. The number of hydrogen-bond donors (Lipinski definition) is 4. The van der Waals surface area contributed by atoms with Gasteiger partial charge in [-0.1, -0.05) is 55.5 Å². The summed E-state index contributed by atoms with van der Waals surface area (Å²) in [4.78, 5) is 23.3. The van der Waals surface area contributed by atoms with Crippen LogP contribution in [-0.4, -0.2) is 39.2 Å². The average Bonchev–Trinajstić information content (AvgIpc) is 2.87. The SMILES string of the molecule is CCCNC(=O)Nc1cccc(-c2ccc(OC)c(S(=O)(=O)N[C@@H](CC(=O)O)c3ccccc3)c2)c1. The number of carbonyl (C=O) groups excluding carboxylic acids is 1. The summed E-state index contributed by atoms with van der Waals surface area (Å²) in [7, 11) is -2.82. The molecule has 3 rings (SSSR count). The number of rotatable bonds is 11. The smallest absolute Gasteiger partial charge is 0.319 e. The molecule has 0 spiro atoms. The third-order valence-electron chi connectivity index (χ3n) is 5.32. The van der Waals surface area contributed by atoms with Gasteiger partial charge in [-0.3, -0.25) is 4.79 Å². The molecular weight excluding hydrogens is 482 g/mol. The predicted octanol–water partition coefficient (Wildman–Crippen LogP) is 4.39. The lowest BCUT2D eigenvalue weighted by Gasteiger charge is -2.19. The number of anilines is 1. The first kappa shape index (κ1) is 26.7. The van der Waals surface area contributed by atoms with Crippen molar-refractivity contribution in [1.29, 1.82) is 0 Å². The Bertz CT molecular complexity index is 1310. The molecule has 0 radical (unpaired) electrons. The number of urea groups is 1. The van der Waals surface area contributed by atoms with Crippen LogP contribution in [0.3, 0.4) is 0 Å². The highest BCUT2D eigenvalue weighted by atomic mass is 32.2. The maximum absolute atomic E-state index is 13.4. The summed E-state index contributed by atoms with van der Waals surface area (Å²) in [6.07, 6.45) is 0.376. The highest BCUT2D eigenvalue weighted by Gasteiger charge is 2.26. The lowest BCUT2D eigenvalue weighted by atomic mass is 10.0. The number of benzene rings is 3. The zero-order valence-corrected chi connectivity index (χ0v) is 20.8. The van der Waals surface area contributed by atoms with Crippen LogP contribution in [0.1, 0.15) is 31.4 Å². The summed E-state index contributed by atoms with van der Waals surface area (Å²) in [5, 5.41) is 14.8. The predicted molar refractivity (Wildman–Crippen MR) is 137 cm³/mol. The molecule has 0 aliphatic carbocycles.